The van der Waals surface area contributed by atoms with Gasteiger partial charge in [0.2, 0.25) is 21.7 Å². The summed E-state index contributed by atoms with van der Waals surface area (Å²) in [6.07, 6.45) is 0. The molecule has 0 aliphatic heterocycles. The highest BCUT2D eigenvalue weighted by Gasteiger charge is 2.28. The van der Waals surface area contributed by atoms with Gasteiger partial charge in [-0.1, -0.05) is 61.0 Å². The van der Waals surface area contributed by atoms with Crippen LogP contribution in [0.5, 0.6) is 0 Å². The lowest BCUT2D eigenvalue weighted by Gasteiger charge is -2.18. The highest BCUT2D eigenvalue weighted by atomic mass is 32.2. The van der Waals surface area contributed by atoms with Crippen LogP contribution in [-0.4, -0.2) is 23.5 Å². The number of nitrogens with zero attached hydrogens (tertiary/aromatic N) is 3. The first kappa shape index (κ1) is 22.3. The maximum absolute atomic E-state index is 12.9. The quantitative estimate of drug-likeness (QED) is 0.403. The summed E-state index contributed by atoms with van der Waals surface area (Å²) in [4.78, 5) is 9.18. The molecule has 32 heavy (non-hydrogen) atoms. The topological polar surface area (TPSA) is 98.0 Å². The zero-order valence-corrected chi connectivity index (χ0v) is 19.9. The number of benzene rings is 2. The van der Waals surface area contributed by atoms with E-state index in [1.165, 1.54) is 0 Å². The molecule has 4 aromatic rings. The molecule has 1 atom stereocenters. The summed E-state index contributed by atoms with van der Waals surface area (Å²) in [7, 11) is -3.74. The zero-order chi connectivity index (χ0) is 22.9. The number of sulfonamides is 1. The van der Waals surface area contributed by atoms with Crippen molar-refractivity contribution in [2.75, 3.05) is 0 Å². The van der Waals surface area contributed by atoms with Crippen molar-refractivity contribution in [2.24, 2.45) is 5.92 Å². The number of nitrogens with one attached hydrogen (secondary N) is 1. The van der Waals surface area contributed by atoms with Crippen molar-refractivity contribution in [3.63, 3.8) is 0 Å². The third-order valence-corrected chi connectivity index (χ3v) is 7.28. The van der Waals surface area contributed by atoms with Gasteiger partial charge in [-0.3, -0.25) is 0 Å². The van der Waals surface area contributed by atoms with Crippen LogP contribution in [0.1, 0.15) is 36.4 Å². The van der Waals surface area contributed by atoms with Crippen LogP contribution in [0.2, 0.25) is 0 Å². The number of hydrogen-bond acceptors (Lipinski definition) is 7. The van der Waals surface area contributed by atoms with Gasteiger partial charge in [0.1, 0.15) is 6.04 Å². The van der Waals surface area contributed by atoms with Crippen LogP contribution in [0.4, 0.5) is 0 Å². The lowest BCUT2D eigenvalue weighted by atomic mass is 10.1. The van der Waals surface area contributed by atoms with E-state index < -0.39 is 16.1 Å². The first-order valence-electron chi connectivity index (χ1n) is 10.2. The van der Waals surface area contributed by atoms with Crippen molar-refractivity contribution >= 4 is 21.4 Å². The van der Waals surface area contributed by atoms with E-state index in [1.807, 2.05) is 57.3 Å². The number of rotatable bonds is 7. The lowest BCUT2D eigenvalue weighted by molar-refractivity contribution is 0.311. The molecule has 7 nitrogen and oxygen atoms in total. The van der Waals surface area contributed by atoms with Gasteiger partial charge in [-0.2, -0.15) is 9.71 Å². The molecule has 0 fully saturated rings. The molecule has 9 heteroatoms. The second kappa shape index (κ2) is 8.93. The fourth-order valence-electron chi connectivity index (χ4n) is 3.19. The highest BCUT2D eigenvalue weighted by Crippen LogP contribution is 2.28. The molecule has 0 spiro atoms. The van der Waals surface area contributed by atoms with Crippen LogP contribution in [0.25, 0.3) is 22.6 Å². The van der Waals surface area contributed by atoms with E-state index in [0.717, 1.165) is 27.4 Å². The van der Waals surface area contributed by atoms with Gasteiger partial charge < -0.3 is 4.52 Å². The van der Waals surface area contributed by atoms with Crippen molar-refractivity contribution in [1.29, 1.82) is 0 Å². The minimum Gasteiger partial charge on any atom is -0.337 e. The smallest absolute Gasteiger partial charge is 0.245 e. The van der Waals surface area contributed by atoms with E-state index in [4.69, 9.17) is 4.52 Å². The highest BCUT2D eigenvalue weighted by molar-refractivity contribution is 7.89. The Hall–Kier alpha value is -2.88. The maximum atomic E-state index is 12.9. The predicted octanol–water partition coefficient (Wildman–Crippen LogP) is 5.15. The van der Waals surface area contributed by atoms with Crippen molar-refractivity contribution < 1.29 is 12.9 Å². The second-order valence-corrected chi connectivity index (χ2v) is 10.7. The number of hydrogen-bond donors (Lipinski definition) is 1. The van der Waals surface area contributed by atoms with Crippen molar-refractivity contribution in [2.45, 2.75) is 38.6 Å². The fourth-order valence-corrected chi connectivity index (χ4v) is 5.15. The first-order chi connectivity index (χ1) is 15.2. The second-order valence-electron chi connectivity index (χ2n) is 7.94. The molecule has 4 rings (SSSR count). The van der Waals surface area contributed by atoms with Crippen LogP contribution in [0, 0.1) is 19.8 Å². The largest absolute Gasteiger partial charge is 0.337 e. The minimum absolute atomic E-state index is 0.0983. The molecule has 2 aromatic carbocycles. The Morgan fingerprint density at radius 2 is 1.59 bits per heavy atom. The van der Waals surface area contributed by atoms with Gasteiger partial charge in [0, 0.05) is 16.5 Å². The summed E-state index contributed by atoms with van der Waals surface area (Å²) in [5.41, 5.74) is 3.70. The molecule has 2 heterocycles. The molecule has 2 aromatic heterocycles. The molecule has 0 aliphatic rings. The van der Waals surface area contributed by atoms with Crippen LogP contribution in [0.3, 0.4) is 0 Å². The van der Waals surface area contributed by atoms with E-state index >= 15 is 0 Å². The number of aromatic nitrogens is 3. The molecule has 0 bridgehead atoms. The summed E-state index contributed by atoms with van der Waals surface area (Å²) in [6, 6.07) is 13.8. The molecule has 0 amide bonds. The Morgan fingerprint density at radius 3 is 2.19 bits per heavy atom. The van der Waals surface area contributed by atoms with E-state index in [-0.39, 0.29) is 16.7 Å². The molecule has 0 radical (unpaired) electrons. The van der Waals surface area contributed by atoms with Gasteiger partial charge >= 0.3 is 0 Å². The fraction of sp³-hybridized carbons (Fsp3) is 0.261. The number of aryl methyl sites for hydroxylation is 2. The van der Waals surface area contributed by atoms with Crippen LogP contribution < -0.4 is 4.72 Å². The summed E-state index contributed by atoms with van der Waals surface area (Å²) >= 11 is 1.61. The standard InChI is InChI=1S/C23H24N4O3S2/c1-14(2)21(27-32(28,29)19-11-5-15(3)6-12-19)23-25-22(26-30-23)18-9-7-17(8-10-18)20-13-31-16(4)24-20/h5-14,21,27H,1-4H3. The monoisotopic (exact) mass is 468 g/mol. The van der Waals surface area contributed by atoms with Gasteiger partial charge in [-0.25, -0.2) is 13.4 Å². The van der Waals surface area contributed by atoms with Gasteiger partial charge in [0.15, 0.2) is 0 Å². The third kappa shape index (κ3) is 4.79. The summed E-state index contributed by atoms with van der Waals surface area (Å²) in [5, 5.41) is 7.11. The summed E-state index contributed by atoms with van der Waals surface area (Å²) in [6.45, 7) is 7.68. The van der Waals surface area contributed by atoms with E-state index in [0.29, 0.717) is 5.82 Å². The maximum Gasteiger partial charge on any atom is 0.245 e. The average molecular weight is 469 g/mol. The Bertz CT molecular complexity index is 1310. The average Bonchev–Trinajstić information content (AvgIpc) is 3.42. The van der Waals surface area contributed by atoms with Crippen LogP contribution >= 0.6 is 11.3 Å². The Kier molecular flexibility index (Phi) is 6.23. The van der Waals surface area contributed by atoms with Gasteiger partial charge in [0.25, 0.3) is 0 Å². The predicted molar refractivity (Wildman–Crippen MR) is 125 cm³/mol. The van der Waals surface area contributed by atoms with E-state index in [9.17, 15) is 8.42 Å². The summed E-state index contributed by atoms with van der Waals surface area (Å²) in [5.74, 6) is 0.532. The van der Waals surface area contributed by atoms with Crippen molar-refractivity contribution in [3.05, 3.63) is 70.4 Å². The first-order valence-corrected chi connectivity index (χ1v) is 12.5. The molecule has 1 unspecified atom stereocenters. The molecule has 0 aliphatic carbocycles. The SMILES string of the molecule is Cc1ccc(S(=O)(=O)NC(c2nc(-c3ccc(-c4csc(C)n4)cc3)no2)C(C)C)cc1. The minimum atomic E-state index is -3.74. The Labute approximate surface area is 191 Å². The van der Waals surface area contributed by atoms with Crippen LogP contribution in [-0.2, 0) is 10.0 Å². The van der Waals surface area contributed by atoms with Gasteiger partial charge in [-0.15, -0.1) is 11.3 Å². The van der Waals surface area contributed by atoms with Crippen molar-refractivity contribution in [3.8, 4) is 22.6 Å². The molecular formula is C23H24N4O3S2. The summed E-state index contributed by atoms with van der Waals surface area (Å²) < 4.78 is 33.9. The molecular weight excluding hydrogens is 444 g/mol. The Balaban J connectivity index is 1.56. The van der Waals surface area contributed by atoms with E-state index in [2.05, 4.69) is 19.8 Å². The van der Waals surface area contributed by atoms with Gasteiger partial charge in [0.05, 0.1) is 15.6 Å². The third-order valence-electron chi connectivity index (χ3n) is 5.05. The van der Waals surface area contributed by atoms with Crippen LogP contribution in [0.15, 0.2) is 63.3 Å². The molecule has 0 saturated carbocycles. The number of thiazole rings is 1. The molecule has 0 saturated heterocycles. The Morgan fingerprint density at radius 1 is 0.938 bits per heavy atom. The van der Waals surface area contributed by atoms with Gasteiger partial charge in [-0.05, 0) is 31.9 Å². The normalized spacial score (nSPS) is 12.9. The van der Waals surface area contributed by atoms with Crippen molar-refractivity contribution in [1.82, 2.24) is 19.8 Å². The molecule has 1 N–H and O–H groups in total. The molecule has 166 valence electrons. The van der Waals surface area contributed by atoms with E-state index in [1.54, 1.807) is 35.6 Å². The lowest BCUT2D eigenvalue weighted by Crippen LogP contribution is -2.32. The zero-order valence-electron chi connectivity index (χ0n) is 18.2.